The van der Waals surface area contributed by atoms with E-state index in [4.69, 9.17) is 13.8 Å². The average molecular weight is 635 g/mol. The van der Waals surface area contributed by atoms with Gasteiger partial charge in [-0.25, -0.2) is 4.98 Å². The van der Waals surface area contributed by atoms with Gasteiger partial charge in [-0.15, -0.1) is 11.3 Å². The van der Waals surface area contributed by atoms with Gasteiger partial charge in [0.15, 0.2) is 5.58 Å². The Kier molecular flexibility index (Phi) is 6.01. The molecule has 0 aliphatic carbocycles. The highest BCUT2D eigenvalue weighted by molar-refractivity contribution is 7.25. The van der Waals surface area contributed by atoms with Crippen molar-refractivity contribution in [3.63, 3.8) is 0 Å². The first-order valence-corrected chi connectivity index (χ1v) is 16.8. The van der Waals surface area contributed by atoms with Crippen molar-refractivity contribution >= 4 is 81.6 Å². The van der Waals surface area contributed by atoms with E-state index in [1.807, 2.05) is 53.8 Å². The Bertz CT molecular complexity index is 2780. The molecule has 0 aliphatic rings. The fourth-order valence-electron chi connectivity index (χ4n) is 6.87. The van der Waals surface area contributed by atoms with Crippen LogP contribution in [0.4, 0.5) is 17.1 Å². The van der Waals surface area contributed by atoms with Crippen LogP contribution in [0.2, 0.25) is 0 Å². The number of furan rings is 1. The van der Waals surface area contributed by atoms with Gasteiger partial charge in [-0.3, -0.25) is 0 Å². The molecule has 7 aromatic carbocycles. The Labute approximate surface area is 279 Å². The molecule has 0 spiro atoms. The summed E-state index contributed by atoms with van der Waals surface area (Å²) in [6.07, 6.45) is 0. The molecule has 0 aliphatic heterocycles. The standard InChI is InChI=1S/C43H26N2O2S/c1-3-10-28(11-4-1)43-44-41-37(47-43)25-24-36-40(41)35-16-9-15-32(42(35)46-36)27-18-20-30(21-19-27)45(29-12-5-2-6-13-29)31-22-23-34-33-14-7-8-17-38(33)48-39(34)26-31/h1-26H. The average Bonchev–Trinajstić information content (AvgIpc) is 3.86. The zero-order valence-electron chi connectivity index (χ0n) is 25.6. The molecule has 3 aromatic heterocycles. The van der Waals surface area contributed by atoms with E-state index in [2.05, 4.69) is 120 Å². The lowest BCUT2D eigenvalue weighted by molar-refractivity contribution is 0.619. The third-order valence-corrected chi connectivity index (χ3v) is 10.2. The van der Waals surface area contributed by atoms with Crippen LogP contribution < -0.4 is 4.90 Å². The molecule has 3 heterocycles. The smallest absolute Gasteiger partial charge is 0.227 e. The summed E-state index contributed by atoms with van der Waals surface area (Å²) in [6, 6.07) is 55.0. The number of rotatable bonds is 5. The van der Waals surface area contributed by atoms with E-state index >= 15 is 0 Å². The second kappa shape index (κ2) is 10.7. The van der Waals surface area contributed by atoms with E-state index in [1.165, 1.54) is 20.2 Å². The van der Waals surface area contributed by atoms with Crippen molar-refractivity contribution in [3.8, 4) is 22.6 Å². The highest BCUT2D eigenvalue weighted by Gasteiger charge is 2.19. The molecule has 0 unspecified atom stereocenters. The van der Waals surface area contributed by atoms with E-state index < -0.39 is 0 Å². The second-order valence-electron chi connectivity index (χ2n) is 12.0. The predicted octanol–water partition coefficient (Wildman–Crippen LogP) is 12.9. The van der Waals surface area contributed by atoms with Gasteiger partial charge >= 0.3 is 0 Å². The quantitative estimate of drug-likeness (QED) is 0.189. The van der Waals surface area contributed by atoms with Crippen molar-refractivity contribution in [3.05, 3.63) is 158 Å². The van der Waals surface area contributed by atoms with Gasteiger partial charge in [0.2, 0.25) is 5.89 Å². The minimum absolute atomic E-state index is 0.605. The van der Waals surface area contributed by atoms with Crippen molar-refractivity contribution in [2.24, 2.45) is 0 Å². The number of nitrogens with zero attached hydrogens (tertiary/aromatic N) is 2. The van der Waals surface area contributed by atoms with Gasteiger partial charge in [-0.05, 0) is 72.3 Å². The summed E-state index contributed by atoms with van der Waals surface area (Å²) < 4.78 is 15.3. The number of hydrogen-bond donors (Lipinski definition) is 0. The first kappa shape index (κ1) is 27.0. The van der Waals surface area contributed by atoms with Gasteiger partial charge in [0, 0.05) is 53.7 Å². The number of fused-ring (bicyclic) bond motifs is 8. The van der Waals surface area contributed by atoms with Crippen LogP contribution in [-0.2, 0) is 0 Å². The van der Waals surface area contributed by atoms with Crippen molar-refractivity contribution < 1.29 is 8.83 Å². The fraction of sp³-hybridized carbons (Fsp3) is 0. The molecule has 0 fully saturated rings. The molecule has 48 heavy (non-hydrogen) atoms. The van der Waals surface area contributed by atoms with Crippen molar-refractivity contribution in [2.75, 3.05) is 4.90 Å². The Hall–Kier alpha value is -6.17. The van der Waals surface area contributed by atoms with Crippen LogP contribution in [0.5, 0.6) is 0 Å². The summed E-state index contributed by atoms with van der Waals surface area (Å²) >= 11 is 1.84. The lowest BCUT2D eigenvalue weighted by Gasteiger charge is -2.25. The summed E-state index contributed by atoms with van der Waals surface area (Å²) in [4.78, 5) is 7.24. The molecule has 0 saturated heterocycles. The van der Waals surface area contributed by atoms with Crippen LogP contribution in [0.25, 0.3) is 75.8 Å². The normalized spacial score (nSPS) is 11.8. The number of thiophene rings is 1. The highest BCUT2D eigenvalue weighted by Crippen LogP contribution is 2.43. The van der Waals surface area contributed by atoms with Crippen molar-refractivity contribution in [1.29, 1.82) is 0 Å². The number of hydrogen-bond acceptors (Lipinski definition) is 5. The number of oxazole rings is 1. The molecule has 0 amide bonds. The number of anilines is 3. The van der Waals surface area contributed by atoms with Crippen molar-refractivity contribution in [2.45, 2.75) is 0 Å². The predicted molar refractivity (Wildman–Crippen MR) is 200 cm³/mol. The van der Waals surface area contributed by atoms with E-state index in [9.17, 15) is 0 Å². The Morgan fingerprint density at radius 1 is 0.479 bits per heavy atom. The molecule has 0 bridgehead atoms. The van der Waals surface area contributed by atoms with E-state index in [1.54, 1.807) is 0 Å². The van der Waals surface area contributed by atoms with Crippen LogP contribution in [0.15, 0.2) is 167 Å². The Morgan fingerprint density at radius 3 is 2.02 bits per heavy atom. The van der Waals surface area contributed by atoms with Gasteiger partial charge in [0.25, 0.3) is 0 Å². The van der Waals surface area contributed by atoms with E-state index in [0.717, 1.165) is 66.8 Å². The Balaban J connectivity index is 1.08. The molecule has 0 radical (unpaired) electrons. The summed E-state index contributed by atoms with van der Waals surface area (Å²) in [6.45, 7) is 0. The van der Waals surface area contributed by atoms with Gasteiger partial charge in [-0.2, -0.15) is 0 Å². The molecule has 4 nitrogen and oxygen atoms in total. The maximum Gasteiger partial charge on any atom is 0.227 e. The van der Waals surface area contributed by atoms with Crippen LogP contribution in [0.3, 0.4) is 0 Å². The second-order valence-corrected chi connectivity index (χ2v) is 13.0. The van der Waals surface area contributed by atoms with Crippen LogP contribution in [0, 0.1) is 0 Å². The molecule has 226 valence electrons. The molecule has 0 atom stereocenters. The largest absolute Gasteiger partial charge is 0.455 e. The third kappa shape index (κ3) is 4.25. The minimum atomic E-state index is 0.605. The molecule has 5 heteroatoms. The molecular formula is C43H26N2O2S. The minimum Gasteiger partial charge on any atom is -0.455 e. The van der Waals surface area contributed by atoms with Crippen LogP contribution in [-0.4, -0.2) is 4.98 Å². The SMILES string of the molecule is c1ccc(-c2nc3c(ccc4oc5c(-c6ccc(N(c7ccccc7)c7ccc8c(c7)sc7ccccc78)cc6)cccc5c43)o2)cc1. The lowest BCUT2D eigenvalue weighted by atomic mass is 10.0. The zero-order chi connectivity index (χ0) is 31.6. The maximum atomic E-state index is 6.55. The van der Waals surface area contributed by atoms with Gasteiger partial charge in [0.05, 0.1) is 5.39 Å². The molecule has 0 saturated carbocycles. The van der Waals surface area contributed by atoms with Gasteiger partial charge < -0.3 is 13.7 Å². The molecule has 10 rings (SSSR count). The monoisotopic (exact) mass is 634 g/mol. The molecule has 0 N–H and O–H groups in total. The fourth-order valence-corrected chi connectivity index (χ4v) is 8.01. The summed E-state index contributed by atoms with van der Waals surface area (Å²) in [5, 5.41) is 4.59. The number of para-hydroxylation sites is 2. The molecule has 10 aromatic rings. The first-order chi connectivity index (χ1) is 23.8. The van der Waals surface area contributed by atoms with Crippen molar-refractivity contribution in [1.82, 2.24) is 4.98 Å². The van der Waals surface area contributed by atoms with E-state index in [-0.39, 0.29) is 0 Å². The summed E-state index contributed by atoms with van der Waals surface area (Å²) in [5.74, 6) is 0.605. The first-order valence-electron chi connectivity index (χ1n) is 16.0. The number of aromatic nitrogens is 1. The maximum absolute atomic E-state index is 6.55. The third-order valence-electron chi connectivity index (χ3n) is 9.11. The highest BCUT2D eigenvalue weighted by atomic mass is 32.1. The Morgan fingerprint density at radius 2 is 1.17 bits per heavy atom. The summed E-state index contributed by atoms with van der Waals surface area (Å²) in [7, 11) is 0. The molecular weight excluding hydrogens is 609 g/mol. The van der Waals surface area contributed by atoms with Gasteiger partial charge in [-0.1, -0.05) is 91.0 Å². The van der Waals surface area contributed by atoms with Gasteiger partial charge in [0.1, 0.15) is 16.7 Å². The number of benzene rings is 7. The van der Waals surface area contributed by atoms with Crippen LogP contribution >= 0.6 is 11.3 Å². The summed E-state index contributed by atoms with van der Waals surface area (Å²) in [5.41, 5.74) is 9.57. The topological polar surface area (TPSA) is 42.4 Å². The zero-order valence-corrected chi connectivity index (χ0v) is 26.4. The van der Waals surface area contributed by atoms with Crippen LogP contribution in [0.1, 0.15) is 0 Å². The van der Waals surface area contributed by atoms with E-state index in [0.29, 0.717) is 5.89 Å². The lowest BCUT2D eigenvalue weighted by Crippen LogP contribution is -2.09.